The minimum absolute atomic E-state index is 0.0699. The summed E-state index contributed by atoms with van der Waals surface area (Å²) in [6.45, 7) is 6.76. The normalized spacial score (nSPS) is 19.9. The fraction of sp³-hybridized carbons (Fsp3) is 0.615. The molecule has 1 atom stereocenters. The van der Waals surface area contributed by atoms with Crippen molar-refractivity contribution in [1.82, 2.24) is 14.9 Å². The summed E-state index contributed by atoms with van der Waals surface area (Å²) >= 11 is 0. The molecule has 19 heavy (non-hydrogen) atoms. The molecular weight excluding hydrogens is 244 g/mol. The first-order valence-corrected chi connectivity index (χ1v) is 6.67. The van der Waals surface area contributed by atoms with Gasteiger partial charge < -0.3 is 15.0 Å². The van der Waals surface area contributed by atoms with E-state index in [0.717, 1.165) is 13.0 Å². The first-order chi connectivity index (χ1) is 9.20. The molecule has 0 spiro atoms. The van der Waals surface area contributed by atoms with Gasteiger partial charge in [-0.3, -0.25) is 4.79 Å². The van der Waals surface area contributed by atoms with E-state index in [4.69, 9.17) is 4.74 Å². The fourth-order valence-corrected chi connectivity index (χ4v) is 2.05. The smallest absolute Gasteiger partial charge is 0.274 e. The highest BCUT2D eigenvalue weighted by atomic mass is 16.5. The van der Waals surface area contributed by atoms with Gasteiger partial charge in [-0.1, -0.05) is 0 Å². The van der Waals surface area contributed by atoms with Gasteiger partial charge in [0.05, 0.1) is 18.5 Å². The second kappa shape index (κ2) is 6.47. The molecule has 1 aromatic heterocycles. The van der Waals surface area contributed by atoms with Gasteiger partial charge in [0, 0.05) is 26.2 Å². The molecule has 1 fully saturated rings. The molecule has 0 aromatic carbocycles. The Hall–Kier alpha value is -1.69. The molecule has 0 radical (unpaired) electrons. The summed E-state index contributed by atoms with van der Waals surface area (Å²) in [7, 11) is 0. The monoisotopic (exact) mass is 264 g/mol. The van der Waals surface area contributed by atoms with Crippen LogP contribution in [0.4, 0.5) is 5.82 Å². The zero-order valence-electron chi connectivity index (χ0n) is 11.4. The standard InChI is InChI=1S/C13H20N4O2/c1-3-14-12-8-15-11(7-16-12)13(18)17-5-4-6-19-10(2)9-17/h7-8,10H,3-6,9H2,1-2H3,(H,14,16). The van der Waals surface area contributed by atoms with Gasteiger partial charge >= 0.3 is 0 Å². The van der Waals surface area contributed by atoms with Crippen molar-refractivity contribution in [3.63, 3.8) is 0 Å². The Bertz CT molecular complexity index is 421. The molecule has 2 rings (SSSR count). The Morgan fingerprint density at radius 3 is 3.05 bits per heavy atom. The van der Waals surface area contributed by atoms with Gasteiger partial charge in [-0.15, -0.1) is 0 Å². The molecule has 1 N–H and O–H groups in total. The van der Waals surface area contributed by atoms with Crippen LogP contribution in [0, 0.1) is 0 Å². The lowest BCUT2D eigenvalue weighted by Crippen LogP contribution is -2.36. The number of hydrogen-bond acceptors (Lipinski definition) is 5. The van der Waals surface area contributed by atoms with E-state index in [0.29, 0.717) is 31.2 Å². The highest BCUT2D eigenvalue weighted by Crippen LogP contribution is 2.10. The number of carbonyl (C=O) groups is 1. The molecule has 6 heteroatoms. The summed E-state index contributed by atoms with van der Waals surface area (Å²) in [6, 6.07) is 0. The Morgan fingerprint density at radius 2 is 2.37 bits per heavy atom. The molecule has 0 saturated carbocycles. The minimum atomic E-state index is -0.0760. The van der Waals surface area contributed by atoms with Crippen LogP contribution in [0.15, 0.2) is 12.4 Å². The third-order valence-corrected chi connectivity index (χ3v) is 2.97. The fourth-order valence-electron chi connectivity index (χ4n) is 2.05. The number of anilines is 1. The van der Waals surface area contributed by atoms with Crippen molar-refractivity contribution in [2.75, 3.05) is 31.6 Å². The van der Waals surface area contributed by atoms with Crippen molar-refractivity contribution in [3.8, 4) is 0 Å². The van der Waals surface area contributed by atoms with E-state index in [-0.39, 0.29) is 12.0 Å². The van der Waals surface area contributed by atoms with Crippen LogP contribution in [-0.4, -0.2) is 53.1 Å². The van der Waals surface area contributed by atoms with Gasteiger partial charge in [-0.25, -0.2) is 9.97 Å². The molecule has 104 valence electrons. The lowest BCUT2D eigenvalue weighted by molar-refractivity contribution is 0.0559. The predicted molar refractivity (Wildman–Crippen MR) is 72.1 cm³/mol. The molecule has 1 amide bonds. The zero-order chi connectivity index (χ0) is 13.7. The number of nitrogens with one attached hydrogen (secondary N) is 1. The average Bonchev–Trinajstić information content (AvgIpc) is 2.64. The molecule has 1 aliphatic heterocycles. The van der Waals surface area contributed by atoms with Crippen LogP contribution in [0.3, 0.4) is 0 Å². The van der Waals surface area contributed by atoms with Crippen LogP contribution in [-0.2, 0) is 4.74 Å². The van der Waals surface area contributed by atoms with Crippen molar-refractivity contribution < 1.29 is 9.53 Å². The largest absolute Gasteiger partial charge is 0.377 e. The highest BCUT2D eigenvalue weighted by Gasteiger charge is 2.22. The predicted octanol–water partition coefficient (Wildman–Crippen LogP) is 1.16. The van der Waals surface area contributed by atoms with Crippen LogP contribution in [0.1, 0.15) is 30.8 Å². The first-order valence-electron chi connectivity index (χ1n) is 6.67. The van der Waals surface area contributed by atoms with Crippen LogP contribution >= 0.6 is 0 Å². The number of ether oxygens (including phenoxy) is 1. The van der Waals surface area contributed by atoms with Crippen molar-refractivity contribution in [1.29, 1.82) is 0 Å². The second-order valence-corrected chi connectivity index (χ2v) is 4.60. The molecule has 0 aliphatic carbocycles. The third kappa shape index (κ3) is 3.64. The number of aromatic nitrogens is 2. The molecular formula is C13H20N4O2. The maximum atomic E-state index is 12.3. The van der Waals surface area contributed by atoms with Gasteiger partial charge in [0.2, 0.25) is 0 Å². The number of rotatable bonds is 3. The Balaban J connectivity index is 2.05. The maximum absolute atomic E-state index is 12.3. The Kier molecular flexibility index (Phi) is 4.68. The molecule has 1 unspecified atom stereocenters. The number of nitrogens with zero attached hydrogens (tertiary/aromatic N) is 3. The number of carbonyl (C=O) groups excluding carboxylic acids is 1. The van der Waals surface area contributed by atoms with Gasteiger partial charge in [-0.05, 0) is 20.3 Å². The van der Waals surface area contributed by atoms with E-state index in [2.05, 4.69) is 15.3 Å². The van der Waals surface area contributed by atoms with E-state index in [1.54, 1.807) is 11.1 Å². The van der Waals surface area contributed by atoms with Crippen molar-refractivity contribution in [2.24, 2.45) is 0 Å². The molecule has 2 heterocycles. The lowest BCUT2D eigenvalue weighted by atomic mass is 10.3. The van der Waals surface area contributed by atoms with Crippen LogP contribution in [0.25, 0.3) is 0 Å². The third-order valence-electron chi connectivity index (χ3n) is 2.97. The topological polar surface area (TPSA) is 67.4 Å². The van der Waals surface area contributed by atoms with Gasteiger partial charge in [-0.2, -0.15) is 0 Å². The summed E-state index contributed by atoms with van der Waals surface area (Å²) in [5, 5.41) is 3.05. The maximum Gasteiger partial charge on any atom is 0.274 e. The zero-order valence-corrected chi connectivity index (χ0v) is 11.4. The van der Waals surface area contributed by atoms with E-state index in [1.807, 2.05) is 13.8 Å². The average molecular weight is 264 g/mol. The van der Waals surface area contributed by atoms with Crippen LogP contribution < -0.4 is 5.32 Å². The van der Waals surface area contributed by atoms with E-state index >= 15 is 0 Å². The first kappa shape index (κ1) is 13.7. The Labute approximate surface area is 113 Å². The molecule has 1 aromatic rings. The van der Waals surface area contributed by atoms with Crippen molar-refractivity contribution in [2.45, 2.75) is 26.4 Å². The summed E-state index contributed by atoms with van der Waals surface area (Å²) in [4.78, 5) is 22.4. The van der Waals surface area contributed by atoms with Crippen LogP contribution in [0.2, 0.25) is 0 Å². The summed E-state index contributed by atoms with van der Waals surface area (Å²) in [5.41, 5.74) is 0.385. The highest BCUT2D eigenvalue weighted by molar-refractivity contribution is 5.92. The molecule has 1 saturated heterocycles. The van der Waals surface area contributed by atoms with Crippen molar-refractivity contribution >= 4 is 11.7 Å². The molecule has 0 bridgehead atoms. The summed E-state index contributed by atoms with van der Waals surface area (Å²) < 4.78 is 5.53. The SMILES string of the molecule is CCNc1cnc(C(=O)N2CCCOC(C)C2)cn1. The van der Waals surface area contributed by atoms with E-state index < -0.39 is 0 Å². The molecule has 1 aliphatic rings. The minimum Gasteiger partial charge on any atom is -0.377 e. The van der Waals surface area contributed by atoms with E-state index in [1.165, 1.54) is 6.20 Å². The number of amides is 1. The quantitative estimate of drug-likeness (QED) is 0.887. The van der Waals surface area contributed by atoms with Gasteiger partial charge in [0.15, 0.2) is 0 Å². The van der Waals surface area contributed by atoms with Gasteiger partial charge in [0.1, 0.15) is 11.5 Å². The van der Waals surface area contributed by atoms with Crippen molar-refractivity contribution in [3.05, 3.63) is 18.1 Å². The second-order valence-electron chi connectivity index (χ2n) is 4.60. The summed E-state index contributed by atoms with van der Waals surface area (Å²) in [5.74, 6) is 0.611. The van der Waals surface area contributed by atoms with Gasteiger partial charge in [0.25, 0.3) is 5.91 Å². The summed E-state index contributed by atoms with van der Waals surface area (Å²) in [6.07, 6.45) is 4.05. The van der Waals surface area contributed by atoms with E-state index in [9.17, 15) is 4.79 Å². The lowest BCUT2D eigenvalue weighted by Gasteiger charge is -2.21. The Morgan fingerprint density at radius 1 is 1.53 bits per heavy atom. The van der Waals surface area contributed by atoms with Crippen LogP contribution in [0.5, 0.6) is 0 Å². The molecule has 6 nitrogen and oxygen atoms in total. The number of hydrogen-bond donors (Lipinski definition) is 1.